The summed E-state index contributed by atoms with van der Waals surface area (Å²) in [6, 6.07) is 0.0708. The second kappa shape index (κ2) is 4.57. The van der Waals surface area contributed by atoms with Crippen molar-refractivity contribution in [2.45, 2.75) is 37.8 Å². The number of aromatic nitrogens is 2. The lowest BCUT2D eigenvalue weighted by atomic mass is 10.0. The minimum absolute atomic E-state index is 0.0708. The van der Waals surface area contributed by atoms with Gasteiger partial charge in [0.25, 0.3) is 0 Å². The molecule has 1 aromatic rings. The second-order valence-electron chi connectivity index (χ2n) is 3.81. The molecule has 0 saturated carbocycles. The van der Waals surface area contributed by atoms with Gasteiger partial charge in [-0.05, 0) is 19.3 Å². The lowest BCUT2D eigenvalue weighted by Gasteiger charge is -2.27. The van der Waals surface area contributed by atoms with Crippen LogP contribution in [0, 0.1) is 0 Å². The highest BCUT2D eigenvalue weighted by molar-refractivity contribution is 4.93. The molecule has 0 spiro atoms. The first-order valence-corrected chi connectivity index (χ1v) is 5.21. The number of nitrogens with zero attached hydrogens (tertiary/aromatic N) is 1. The van der Waals surface area contributed by atoms with E-state index in [4.69, 9.17) is 10.5 Å². The Kier molecular flexibility index (Phi) is 3.16. The topological polar surface area (TPSA) is 63.9 Å². The summed E-state index contributed by atoms with van der Waals surface area (Å²) in [5, 5.41) is 0. The minimum Gasteiger partial charge on any atom is -0.377 e. The van der Waals surface area contributed by atoms with Crippen LogP contribution in [0.1, 0.15) is 25.1 Å². The van der Waals surface area contributed by atoms with E-state index in [1.165, 1.54) is 12.8 Å². The summed E-state index contributed by atoms with van der Waals surface area (Å²) in [4.78, 5) is 7.22. The van der Waals surface area contributed by atoms with Crippen LogP contribution in [-0.4, -0.2) is 28.7 Å². The molecule has 0 aromatic carbocycles. The monoisotopic (exact) mass is 195 g/mol. The Morgan fingerprint density at radius 2 is 2.57 bits per heavy atom. The van der Waals surface area contributed by atoms with E-state index in [-0.39, 0.29) is 12.1 Å². The first-order valence-electron chi connectivity index (χ1n) is 5.21. The molecule has 0 aliphatic carbocycles. The van der Waals surface area contributed by atoms with Gasteiger partial charge in [0.15, 0.2) is 0 Å². The number of nitrogens with one attached hydrogen (secondary N) is 1. The van der Waals surface area contributed by atoms with E-state index in [0.29, 0.717) is 0 Å². The van der Waals surface area contributed by atoms with E-state index in [2.05, 4.69) is 9.97 Å². The molecule has 2 heterocycles. The van der Waals surface area contributed by atoms with E-state index in [1.54, 1.807) is 6.20 Å². The van der Waals surface area contributed by atoms with Crippen LogP contribution in [0.15, 0.2) is 12.4 Å². The standard InChI is InChI=1S/C10H17N3O/c11-8(7-10-12-4-5-13-10)9-3-1-2-6-14-9/h4-5,8-9H,1-3,6-7,11H2,(H,12,13). The van der Waals surface area contributed by atoms with Gasteiger partial charge < -0.3 is 15.5 Å². The van der Waals surface area contributed by atoms with Crippen LogP contribution in [0.2, 0.25) is 0 Å². The number of nitrogens with two attached hydrogens (primary N) is 1. The second-order valence-corrected chi connectivity index (χ2v) is 3.81. The minimum atomic E-state index is 0.0708. The van der Waals surface area contributed by atoms with Crippen LogP contribution in [0.5, 0.6) is 0 Å². The van der Waals surface area contributed by atoms with E-state index >= 15 is 0 Å². The molecular formula is C10H17N3O. The summed E-state index contributed by atoms with van der Waals surface area (Å²) in [6.07, 6.45) is 8.06. The Morgan fingerprint density at radius 1 is 1.64 bits per heavy atom. The average Bonchev–Trinajstić information content (AvgIpc) is 2.72. The molecule has 3 N–H and O–H groups in total. The first-order chi connectivity index (χ1) is 6.86. The fraction of sp³-hybridized carbons (Fsp3) is 0.700. The smallest absolute Gasteiger partial charge is 0.107 e. The zero-order valence-corrected chi connectivity index (χ0v) is 8.28. The van der Waals surface area contributed by atoms with Crippen molar-refractivity contribution in [3.63, 3.8) is 0 Å². The highest BCUT2D eigenvalue weighted by atomic mass is 16.5. The van der Waals surface area contributed by atoms with Crippen molar-refractivity contribution < 1.29 is 4.74 Å². The maximum absolute atomic E-state index is 6.05. The third kappa shape index (κ3) is 2.33. The van der Waals surface area contributed by atoms with Gasteiger partial charge in [-0.25, -0.2) is 4.98 Å². The Hall–Kier alpha value is -0.870. The number of imidazole rings is 1. The molecule has 2 unspecified atom stereocenters. The number of aromatic amines is 1. The molecule has 14 heavy (non-hydrogen) atoms. The third-order valence-electron chi connectivity index (χ3n) is 2.68. The van der Waals surface area contributed by atoms with Crippen molar-refractivity contribution in [2.24, 2.45) is 5.73 Å². The molecule has 1 aliphatic heterocycles. The molecule has 2 atom stereocenters. The number of ether oxygens (including phenoxy) is 1. The Labute approximate surface area is 83.9 Å². The number of hydrogen-bond acceptors (Lipinski definition) is 3. The summed E-state index contributed by atoms with van der Waals surface area (Å²) in [6.45, 7) is 0.858. The average molecular weight is 195 g/mol. The summed E-state index contributed by atoms with van der Waals surface area (Å²) >= 11 is 0. The molecule has 1 aliphatic rings. The van der Waals surface area contributed by atoms with Crippen molar-refractivity contribution in [1.82, 2.24) is 9.97 Å². The van der Waals surface area contributed by atoms with Gasteiger partial charge in [-0.15, -0.1) is 0 Å². The molecule has 4 nitrogen and oxygen atoms in total. The Morgan fingerprint density at radius 3 is 3.21 bits per heavy atom. The lowest BCUT2D eigenvalue weighted by Crippen LogP contribution is -2.40. The maximum Gasteiger partial charge on any atom is 0.107 e. The van der Waals surface area contributed by atoms with Gasteiger partial charge in [-0.2, -0.15) is 0 Å². The van der Waals surface area contributed by atoms with Crippen LogP contribution in [0.3, 0.4) is 0 Å². The van der Waals surface area contributed by atoms with Crippen molar-refractivity contribution >= 4 is 0 Å². The molecule has 78 valence electrons. The predicted molar refractivity (Wildman–Crippen MR) is 53.9 cm³/mol. The van der Waals surface area contributed by atoms with Crippen molar-refractivity contribution in [3.05, 3.63) is 18.2 Å². The number of hydrogen-bond donors (Lipinski definition) is 2. The number of H-pyrrole nitrogens is 1. The van der Waals surface area contributed by atoms with Gasteiger partial charge in [-0.1, -0.05) is 0 Å². The van der Waals surface area contributed by atoms with Gasteiger partial charge >= 0.3 is 0 Å². The molecule has 1 fully saturated rings. The van der Waals surface area contributed by atoms with E-state index in [0.717, 1.165) is 25.3 Å². The zero-order chi connectivity index (χ0) is 9.80. The van der Waals surface area contributed by atoms with Crippen LogP contribution in [0.25, 0.3) is 0 Å². The Balaban J connectivity index is 1.85. The predicted octanol–water partition coefficient (Wildman–Crippen LogP) is 0.849. The molecule has 2 rings (SSSR count). The van der Waals surface area contributed by atoms with Crippen LogP contribution < -0.4 is 5.73 Å². The summed E-state index contributed by atoms with van der Waals surface area (Å²) < 4.78 is 5.62. The third-order valence-corrected chi connectivity index (χ3v) is 2.68. The van der Waals surface area contributed by atoms with E-state index in [9.17, 15) is 0 Å². The van der Waals surface area contributed by atoms with E-state index in [1.807, 2.05) is 6.20 Å². The van der Waals surface area contributed by atoms with Crippen LogP contribution >= 0.6 is 0 Å². The lowest BCUT2D eigenvalue weighted by molar-refractivity contribution is 0.000321. The van der Waals surface area contributed by atoms with Gasteiger partial charge in [0.1, 0.15) is 5.82 Å². The molecule has 1 saturated heterocycles. The highest BCUT2D eigenvalue weighted by Crippen LogP contribution is 2.16. The normalized spacial score (nSPS) is 24.8. The first kappa shape index (κ1) is 9.68. The van der Waals surface area contributed by atoms with E-state index < -0.39 is 0 Å². The van der Waals surface area contributed by atoms with Gasteiger partial charge in [0.05, 0.1) is 6.10 Å². The highest BCUT2D eigenvalue weighted by Gasteiger charge is 2.21. The van der Waals surface area contributed by atoms with Crippen molar-refractivity contribution in [1.29, 1.82) is 0 Å². The largest absolute Gasteiger partial charge is 0.377 e. The van der Waals surface area contributed by atoms with Crippen LogP contribution in [0.4, 0.5) is 0 Å². The SMILES string of the molecule is NC(Cc1ncc[nH]1)C1CCCCO1. The molecule has 0 bridgehead atoms. The summed E-state index contributed by atoms with van der Waals surface area (Å²) in [5.41, 5.74) is 6.05. The van der Waals surface area contributed by atoms with Crippen LogP contribution in [-0.2, 0) is 11.2 Å². The van der Waals surface area contributed by atoms with Crippen molar-refractivity contribution in [3.8, 4) is 0 Å². The van der Waals surface area contributed by atoms with Gasteiger partial charge in [-0.3, -0.25) is 0 Å². The summed E-state index contributed by atoms with van der Waals surface area (Å²) in [7, 11) is 0. The molecular weight excluding hydrogens is 178 g/mol. The molecule has 0 radical (unpaired) electrons. The van der Waals surface area contributed by atoms with Gasteiger partial charge in [0, 0.05) is 31.5 Å². The molecule has 0 amide bonds. The fourth-order valence-electron chi connectivity index (χ4n) is 1.87. The molecule has 4 heteroatoms. The number of rotatable bonds is 3. The van der Waals surface area contributed by atoms with Gasteiger partial charge in [0.2, 0.25) is 0 Å². The Bertz CT molecular complexity index is 254. The maximum atomic E-state index is 6.05. The zero-order valence-electron chi connectivity index (χ0n) is 8.28. The quantitative estimate of drug-likeness (QED) is 0.751. The summed E-state index contributed by atoms with van der Waals surface area (Å²) in [5.74, 6) is 0.951. The molecule has 1 aromatic heterocycles. The fourth-order valence-corrected chi connectivity index (χ4v) is 1.87. The van der Waals surface area contributed by atoms with Crippen molar-refractivity contribution in [2.75, 3.05) is 6.61 Å².